The number of nitrogens with zero attached hydrogens (tertiary/aromatic N) is 2. The van der Waals surface area contributed by atoms with E-state index in [0.29, 0.717) is 23.0 Å². The van der Waals surface area contributed by atoms with Crippen LogP contribution in [0.2, 0.25) is 5.02 Å². The van der Waals surface area contributed by atoms with Crippen molar-refractivity contribution in [3.63, 3.8) is 0 Å². The minimum atomic E-state index is -0.573. The van der Waals surface area contributed by atoms with Crippen LogP contribution in [0.1, 0.15) is 0 Å². The van der Waals surface area contributed by atoms with Crippen LogP contribution in [0.3, 0.4) is 0 Å². The smallest absolute Gasteiger partial charge is 0.146 e. The molecule has 4 nitrogen and oxygen atoms in total. The lowest BCUT2D eigenvalue weighted by Crippen LogP contribution is -2.49. The molecule has 0 radical (unpaired) electrons. The Morgan fingerprint density at radius 2 is 1.72 bits per heavy atom. The number of hydrogen-bond acceptors (Lipinski definition) is 4. The van der Waals surface area contributed by atoms with Crippen LogP contribution >= 0.6 is 11.6 Å². The van der Waals surface area contributed by atoms with Crippen LogP contribution in [0.5, 0.6) is 5.75 Å². The van der Waals surface area contributed by atoms with Gasteiger partial charge in [-0.15, -0.1) is 0 Å². The van der Waals surface area contributed by atoms with Gasteiger partial charge in [0.05, 0.1) is 5.69 Å². The van der Waals surface area contributed by atoms with Gasteiger partial charge in [0.15, 0.2) is 0 Å². The first-order valence-corrected chi connectivity index (χ1v) is 8.78. The normalized spacial score (nSPS) is 16.7. The average molecular weight is 365 g/mol. The van der Waals surface area contributed by atoms with E-state index >= 15 is 0 Å². The molecule has 2 aromatic rings. The van der Waals surface area contributed by atoms with Crippen LogP contribution in [0.15, 0.2) is 48.5 Å². The molecule has 0 amide bonds. The molecule has 2 aromatic carbocycles. The van der Waals surface area contributed by atoms with Gasteiger partial charge < -0.3 is 14.7 Å². The number of rotatable bonds is 6. The van der Waals surface area contributed by atoms with E-state index in [9.17, 15) is 9.50 Å². The highest BCUT2D eigenvalue weighted by molar-refractivity contribution is 6.30. The summed E-state index contributed by atoms with van der Waals surface area (Å²) in [6, 6.07) is 13.9. The van der Waals surface area contributed by atoms with Crippen LogP contribution in [-0.2, 0) is 0 Å². The minimum Gasteiger partial charge on any atom is -0.491 e. The molecule has 0 unspecified atom stereocenters. The van der Waals surface area contributed by atoms with E-state index in [1.807, 2.05) is 11.0 Å². The number of hydrogen-bond donors (Lipinski definition) is 1. The summed E-state index contributed by atoms with van der Waals surface area (Å²) in [4.78, 5) is 4.22. The number of β-amino-alcohol motifs (C(OH)–C–C–N with tert-alkyl or cyclic N) is 1. The Bertz CT molecular complexity index is 675. The molecule has 1 atom stereocenters. The molecule has 25 heavy (non-hydrogen) atoms. The van der Waals surface area contributed by atoms with Crippen LogP contribution in [0, 0.1) is 5.82 Å². The monoisotopic (exact) mass is 364 g/mol. The van der Waals surface area contributed by atoms with Crippen LogP contribution in [-0.4, -0.2) is 55.4 Å². The molecule has 3 rings (SSSR count). The molecule has 0 saturated carbocycles. The van der Waals surface area contributed by atoms with Crippen molar-refractivity contribution in [2.45, 2.75) is 6.10 Å². The molecule has 1 aliphatic heterocycles. The number of piperazine rings is 1. The second-order valence-electron chi connectivity index (χ2n) is 6.16. The predicted octanol–water partition coefficient (Wildman–Crippen LogP) is 3.04. The van der Waals surface area contributed by atoms with Gasteiger partial charge in [-0.25, -0.2) is 4.39 Å². The Labute approximate surface area is 152 Å². The van der Waals surface area contributed by atoms with Crippen molar-refractivity contribution < 1.29 is 14.2 Å². The summed E-state index contributed by atoms with van der Waals surface area (Å²) in [6.45, 7) is 3.82. The number of ether oxygens (including phenoxy) is 1. The summed E-state index contributed by atoms with van der Waals surface area (Å²) >= 11 is 5.83. The highest BCUT2D eigenvalue weighted by Gasteiger charge is 2.21. The maximum absolute atomic E-state index is 13.8. The van der Waals surface area contributed by atoms with Crippen LogP contribution < -0.4 is 9.64 Å². The zero-order chi connectivity index (χ0) is 17.6. The molecular formula is C19H22ClFN2O2. The van der Waals surface area contributed by atoms with E-state index < -0.39 is 6.10 Å². The molecule has 1 N–H and O–H groups in total. The van der Waals surface area contributed by atoms with Gasteiger partial charge >= 0.3 is 0 Å². The molecule has 1 aliphatic rings. The third kappa shape index (κ3) is 5.08. The topological polar surface area (TPSA) is 35.9 Å². The van der Waals surface area contributed by atoms with Gasteiger partial charge in [0.2, 0.25) is 0 Å². The number of anilines is 1. The Balaban J connectivity index is 1.42. The van der Waals surface area contributed by atoms with Gasteiger partial charge in [-0.2, -0.15) is 0 Å². The third-order valence-corrected chi connectivity index (χ3v) is 4.54. The minimum absolute atomic E-state index is 0.188. The van der Waals surface area contributed by atoms with Crippen molar-refractivity contribution in [3.8, 4) is 5.75 Å². The van der Waals surface area contributed by atoms with Gasteiger partial charge in [0, 0.05) is 37.7 Å². The molecule has 6 heteroatoms. The molecule has 0 spiro atoms. The van der Waals surface area contributed by atoms with E-state index in [4.69, 9.17) is 16.3 Å². The van der Waals surface area contributed by atoms with E-state index in [2.05, 4.69) is 4.90 Å². The lowest BCUT2D eigenvalue weighted by Gasteiger charge is -2.36. The standard InChI is InChI=1S/C19H22ClFN2O2/c20-15-5-7-17(8-6-15)25-14-16(24)13-22-9-11-23(12-10-22)19-4-2-1-3-18(19)21/h1-8,16,24H,9-14H2/t16-/m1/s1. The van der Waals surface area contributed by atoms with Gasteiger partial charge in [0.25, 0.3) is 0 Å². The van der Waals surface area contributed by atoms with Crippen molar-refractivity contribution in [1.29, 1.82) is 0 Å². The second-order valence-corrected chi connectivity index (χ2v) is 6.59. The van der Waals surface area contributed by atoms with Crippen LogP contribution in [0.4, 0.5) is 10.1 Å². The number of para-hydroxylation sites is 1. The van der Waals surface area contributed by atoms with Crippen molar-refractivity contribution in [2.24, 2.45) is 0 Å². The van der Waals surface area contributed by atoms with E-state index in [1.54, 1.807) is 36.4 Å². The lowest BCUT2D eigenvalue weighted by molar-refractivity contribution is 0.0662. The first-order valence-electron chi connectivity index (χ1n) is 8.40. The van der Waals surface area contributed by atoms with Gasteiger partial charge in [-0.3, -0.25) is 4.90 Å². The number of benzene rings is 2. The highest BCUT2D eigenvalue weighted by atomic mass is 35.5. The summed E-state index contributed by atoms with van der Waals surface area (Å²) in [6.07, 6.45) is -0.573. The molecular weight excluding hydrogens is 343 g/mol. The number of halogens is 2. The molecule has 1 saturated heterocycles. The summed E-state index contributed by atoms with van der Waals surface area (Å²) in [7, 11) is 0. The van der Waals surface area contributed by atoms with Crippen molar-refractivity contribution in [2.75, 3.05) is 44.2 Å². The maximum atomic E-state index is 13.8. The Morgan fingerprint density at radius 3 is 2.40 bits per heavy atom. The fraction of sp³-hybridized carbons (Fsp3) is 0.368. The molecule has 0 aromatic heterocycles. The Kier molecular flexibility index (Phi) is 6.13. The second kappa shape index (κ2) is 8.52. The predicted molar refractivity (Wildman–Crippen MR) is 98.0 cm³/mol. The van der Waals surface area contributed by atoms with E-state index in [-0.39, 0.29) is 12.4 Å². The number of aliphatic hydroxyl groups is 1. The largest absolute Gasteiger partial charge is 0.491 e. The highest BCUT2D eigenvalue weighted by Crippen LogP contribution is 2.20. The zero-order valence-electron chi connectivity index (χ0n) is 13.9. The van der Waals surface area contributed by atoms with Gasteiger partial charge in [-0.1, -0.05) is 23.7 Å². The average Bonchev–Trinajstić information content (AvgIpc) is 2.62. The van der Waals surface area contributed by atoms with Gasteiger partial charge in [-0.05, 0) is 36.4 Å². The summed E-state index contributed by atoms with van der Waals surface area (Å²) < 4.78 is 19.4. The zero-order valence-corrected chi connectivity index (χ0v) is 14.7. The fourth-order valence-corrected chi connectivity index (χ4v) is 3.08. The number of aliphatic hydroxyl groups excluding tert-OH is 1. The molecule has 0 aliphatic carbocycles. The van der Waals surface area contributed by atoms with Crippen LogP contribution in [0.25, 0.3) is 0 Å². The quantitative estimate of drug-likeness (QED) is 0.854. The maximum Gasteiger partial charge on any atom is 0.146 e. The van der Waals surface area contributed by atoms with Crippen molar-refractivity contribution >= 4 is 17.3 Å². The third-order valence-electron chi connectivity index (χ3n) is 4.29. The lowest BCUT2D eigenvalue weighted by atomic mass is 10.2. The fourth-order valence-electron chi connectivity index (χ4n) is 2.95. The molecule has 1 fully saturated rings. The molecule has 0 bridgehead atoms. The first-order chi connectivity index (χ1) is 12.1. The summed E-state index contributed by atoms with van der Waals surface area (Å²) in [5.41, 5.74) is 0.647. The summed E-state index contributed by atoms with van der Waals surface area (Å²) in [5.74, 6) is 0.500. The first kappa shape index (κ1) is 18.0. The SMILES string of the molecule is O[C@@H](COc1ccc(Cl)cc1)CN1CCN(c2ccccc2F)CC1. The van der Waals surface area contributed by atoms with E-state index in [0.717, 1.165) is 26.2 Å². The summed E-state index contributed by atoms with van der Waals surface area (Å²) in [5, 5.41) is 10.8. The molecule has 134 valence electrons. The van der Waals surface area contributed by atoms with Gasteiger partial charge in [0.1, 0.15) is 24.3 Å². The van der Waals surface area contributed by atoms with E-state index in [1.165, 1.54) is 6.07 Å². The van der Waals surface area contributed by atoms with Crippen molar-refractivity contribution in [3.05, 3.63) is 59.4 Å². The van der Waals surface area contributed by atoms with Crippen molar-refractivity contribution in [1.82, 2.24) is 4.90 Å². The Morgan fingerprint density at radius 1 is 1.04 bits per heavy atom. The Hall–Kier alpha value is -1.82. The molecule has 1 heterocycles.